The number of hydrogen-bond donors (Lipinski definition) is 4. The fraction of sp³-hybridized carbons (Fsp3) is 0.214. The quantitative estimate of drug-likeness (QED) is 0.251. The number of aromatic amines is 1. The third-order valence-corrected chi connectivity index (χ3v) is 7.45. The first-order valence-electron chi connectivity index (χ1n) is 11.9. The third kappa shape index (κ3) is 5.71. The molecule has 0 aliphatic carbocycles. The van der Waals surface area contributed by atoms with Crippen LogP contribution in [0.5, 0.6) is 0 Å². The highest BCUT2D eigenvalue weighted by molar-refractivity contribution is 7.92. The number of H-pyrrole nitrogens is 1. The molecule has 0 aliphatic rings. The summed E-state index contributed by atoms with van der Waals surface area (Å²) in [5.41, 5.74) is 8.04. The summed E-state index contributed by atoms with van der Waals surface area (Å²) in [6.07, 6.45) is -1.64. The number of sulfonamides is 1. The van der Waals surface area contributed by atoms with Gasteiger partial charge in [0.2, 0.25) is 5.91 Å². The van der Waals surface area contributed by atoms with Gasteiger partial charge in [-0.3, -0.25) is 9.52 Å². The Morgan fingerprint density at radius 2 is 1.68 bits per heavy atom. The van der Waals surface area contributed by atoms with Crippen LogP contribution in [-0.4, -0.2) is 43.1 Å². The Morgan fingerprint density at radius 3 is 2.29 bits per heavy atom. The number of nitrogens with one attached hydrogen (secondary N) is 2. The van der Waals surface area contributed by atoms with Crippen LogP contribution in [0.3, 0.4) is 0 Å². The molecule has 1 amide bonds. The molecular weight excluding hydrogens is 506 g/mol. The first kappa shape index (κ1) is 26.9. The van der Waals surface area contributed by atoms with Crippen LogP contribution in [0, 0.1) is 0 Å². The van der Waals surface area contributed by atoms with E-state index in [0.717, 1.165) is 5.56 Å². The van der Waals surface area contributed by atoms with Gasteiger partial charge in [-0.25, -0.2) is 13.2 Å². The van der Waals surface area contributed by atoms with E-state index in [0.29, 0.717) is 27.7 Å². The summed E-state index contributed by atoms with van der Waals surface area (Å²) < 4.78 is 34.0. The molecule has 1 atom stereocenters. The van der Waals surface area contributed by atoms with Gasteiger partial charge in [0.05, 0.1) is 4.90 Å². The number of aromatic nitrogens is 1. The summed E-state index contributed by atoms with van der Waals surface area (Å²) in [4.78, 5) is 27.1. The molecule has 0 saturated carbocycles. The molecule has 4 rings (SSSR count). The molecule has 0 spiro atoms. The lowest BCUT2D eigenvalue weighted by atomic mass is 9.87. The molecule has 9 nitrogen and oxygen atoms in total. The number of fused-ring (bicyclic) bond motifs is 1. The van der Waals surface area contributed by atoms with Gasteiger partial charge in [-0.05, 0) is 46.9 Å². The van der Waals surface area contributed by atoms with Gasteiger partial charge in [0, 0.05) is 22.2 Å². The second-order valence-corrected chi connectivity index (χ2v) is 11.6. The molecule has 1 unspecified atom stereocenters. The molecule has 4 aromatic rings. The fourth-order valence-corrected chi connectivity index (χ4v) is 5.02. The number of esters is 1. The van der Waals surface area contributed by atoms with Crippen LogP contribution < -0.4 is 10.5 Å². The molecular formula is C28H29N3O6S. The summed E-state index contributed by atoms with van der Waals surface area (Å²) >= 11 is 0. The predicted octanol–water partition coefficient (Wildman–Crippen LogP) is 3.94. The highest BCUT2D eigenvalue weighted by Gasteiger charge is 2.24. The number of benzene rings is 3. The Labute approximate surface area is 220 Å². The van der Waals surface area contributed by atoms with Crippen molar-refractivity contribution in [3.05, 3.63) is 84.1 Å². The molecule has 3 aromatic carbocycles. The number of hydrogen-bond acceptors (Lipinski definition) is 6. The lowest BCUT2D eigenvalue weighted by Crippen LogP contribution is -2.33. The van der Waals surface area contributed by atoms with Gasteiger partial charge in [-0.15, -0.1) is 0 Å². The Bertz CT molecular complexity index is 1590. The van der Waals surface area contributed by atoms with Crippen LogP contribution in [-0.2, 0) is 25.0 Å². The Morgan fingerprint density at radius 1 is 1.03 bits per heavy atom. The van der Waals surface area contributed by atoms with Gasteiger partial charge >= 0.3 is 5.97 Å². The van der Waals surface area contributed by atoms with E-state index in [4.69, 9.17) is 10.5 Å². The van der Waals surface area contributed by atoms with E-state index in [-0.39, 0.29) is 16.0 Å². The van der Waals surface area contributed by atoms with E-state index in [1.165, 1.54) is 0 Å². The van der Waals surface area contributed by atoms with Gasteiger partial charge in [0.15, 0.2) is 6.10 Å². The van der Waals surface area contributed by atoms with Crippen molar-refractivity contribution in [3.63, 3.8) is 0 Å². The van der Waals surface area contributed by atoms with E-state index in [9.17, 15) is 23.1 Å². The van der Waals surface area contributed by atoms with Crippen molar-refractivity contribution in [2.24, 2.45) is 5.73 Å². The number of carbonyl (C=O) groups excluding carboxylic acids is 2. The van der Waals surface area contributed by atoms with Gasteiger partial charge in [0.1, 0.15) is 12.3 Å². The second kappa shape index (κ2) is 10.3. The molecule has 0 saturated heterocycles. The van der Waals surface area contributed by atoms with Crippen LogP contribution in [0.15, 0.2) is 77.7 Å². The number of aliphatic hydroxyl groups is 1. The van der Waals surface area contributed by atoms with Crippen LogP contribution in [0.1, 0.15) is 36.8 Å². The summed E-state index contributed by atoms with van der Waals surface area (Å²) in [5.74, 6) is -1.82. The molecule has 1 heterocycles. The first-order chi connectivity index (χ1) is 17.9. The number of primary amides is 1. The number of nitrogens with two attached hydrogens (primary N) is 1. The SMILES string of the molecule is CC(C)(C)c1ccc(S(=O)(=O)Nc2ccc3[nH]c(C(=O)OCC(O)C(N)=O)c(-c4ccccc4)c3c2)cc1. The Balaban J connectivity index is 1.71. The van der Waals surface area contributed by atoms with Crippen molar-refractivity contribution in [2.45, 2.75) is 37.2 Å². The Kier molecular flexibility index (Phi) is 7.30. The molecule has 5 N–H and O–H groups in total. The van der Waals surface area contributed by atoms with Crippen molar-refractivity contribution in [1.29, 1.82) is 0 Å². The van der Waals surface area contributed by atoms with Crippen LogP contribution in [0.25, 0.3) is 22.0 Å². The minimum absolute atomic E-state index is 0.0839. The smallest absolute Gasteiger partial charge is 0.355 e. The van der Waals surface area contributed by atoms with E-state index >= 15 is 0 Å². The van der Waals surface area contributed by atoms with Crippen molar-refractivity contribution in [3.8, 4) is 11.1 Å². The van der Waals surface area contributed by atoms with Crippen molar-refractivity contribution in [2.75, 3.05) is 11.3 Å². The molecule has 198 valence electrons. The lowest BCUT2D eigenvalue weighted by molar-refractivity contribution is -0.127. The molecule has 10 heteroatoms. The maximum Gasteiger partial charge on any atom is 0.355 e. The lowest BCUT2D eigenvalue weighted by Gasteiger charge is -2.19. The van der Waals surface area contributed by atoms with Crippen LogP contribution in [0.2, 0.25) is 0 Å². The molecule has 0 radical (unpaired) electrons. The van der Waals surface area contributed by atoms with Gasteiger partial charge in [-0.2, -0.15) is 0 Å². The van der Waals surface area contributed by atoms with Gasteiger partial charge in [-0.1, -0.05) is 63.2 Å². The standard InChI is InChI=1S/C28H29N3O6S/c1-28(2,3)18-9-12-20(13-10-18)38(35,36)31-19-11-14-22-21(15-19)24(17-7-5-4-6-8-17)25(30-22)27(34)37-16-23(32)26(29)33/h4-15,23,30-32H,16H2,1-3H3,(H2,29,33). The monoisotopic (exact) mass is 535 g/mol. The average molecular weight is 536 g/mol. The predicted molar refractivity (Wildman–Crippen MR) is 145 cm³/mol. The van der Waals surface area contributed by atoms with Gasteiger partial charge in [0.25, 0.3) is 10.0 Å². The van der Waals surface area contributed by atoms with Crippen molar-refractivity contribution >= 4 is 38.5 Å². The first-order valence-corrected chi connectivity index (χ1v) is 13.3. The fourth-order valence-electron chi connectivity index (χ4n) is 3.97. The summed E-state index contributed by atoms with van der Waals surface area (Å²) in [7, 11) is -3.88. The molecule has 0 fully saturated rings. The number of amides is 1. The average Bonchev–Trinajstić information content (AvgIpc) is 3.25. The minimum Gasteiger partial charge on any atom is -0.458 e. The third-order valence-electron chi connectivity index (χ3n) is 6.05. The molecule has 1 aromatic heterocycles. The minimum atomic E-state index is -3.88. The van der Waals surface area contributed by atoms with E-state index in [1.54, 1.807) is 66.7 Å². The van der Waals surface area contributed by atoms with Crippen molar-refractivity contribution < 1.29 is 27.9 Å². The summed E-state index contributed by atoms with van der Waals surface area (Å²) in [6, 6.07) is 20.6. The van der Waals surface area contributed by atoms with E-state index in [1.807, 2.05) is 6.07 Å². The normalized spacial score (nSPS) is 12.7. The van der Waals surface area contributed by atoms with E-state index in [2.05, 4.69) is 30.5 Å². The Hall–Kier alpha value is -4.15. The largest absolute Gasteiger partial charge is 0.458 e. The number of anilines is 1. The highest BCUT2D eigenvalue weighted by atomic mass is 32.2. The van der Waals surface area contributed by atoms with Gasteiger partial charge < -0.3 is 20.6 Å². The topological polar surface area (TPSA) is 152 Å². The zero-order valence-corrected chi connectivity index (χ0v) is 22.0. The number of ether oxygens (including phenoxy) is 1. The maximum atomic E-state index is 13.1. The zero-order chi connectivity index (χ0) is 27.7. The highest BCUT2D eigenvalue weighted by Crippen LogP contribution is 2.35. The number of aliphatic hydroxyl groups excluding tert-OH is 1. The molecule has 0 bridgehead atoms. The number of rotatable bonds is 8. The number of carbonyl (C=O) groups is 2. The second-order valence-electron chi connectivity index (χ2n) is 9.90. The summed E-state index contributed by atoms with van der Waals surface area (Å²) in [5, 5.41) is 10.2. The molecule has 38 heavy (non-hydrogen) atoms. The van der Waals surface area contributed by atoms with E-state index < -0.39 is 34.6 Å². The molecule has 0 aliphatic heterocycles. The zero-order valence-electron chi connectivity index (χ0n) is 21.2. The van der Waals surface area contributed by atoms with Crippen LogP contribution >= 0.6 is 0 Å². The summed E-state index contributed by atoms with van der Waals surface area (Å²) in [6.45, 7) is 5.55. The van der Waals surface area contributed by atoms with Crippen LogP contribution in [0.4, 0.5) is 5.69 Å². The maximum absolute atomic E-state index is 13.1. The van der Waals surface area contributed by atoms with Crippen molar-refractivity contribution in [1.82, 2.24) is 4.98 Å².